The zero-order chi connectivity index (χ0) is 11.2. The van der Waals surface area contributed by atoms with E-state index in [0.717, 1.165) is 12.2 Å². The summed E-state index contributed by atoms with van der Waals surface area (Å²) in [4.78, 5) is 8.13. The van der Waals surface area contributed by atoms with Crippen LogP contribution in [0.3, 0.4) is 0 Å². The third-order valence-corrected chi connectivity index (χ3v) is 2.23. The minimum Gasteiger partial charge on any atom is -0.492 e. The van der Waals surface area contributed by atoms with Gasteiger partial charge in [-0.2, -0.15) is 0 Å². The molecule has 0 radical (unpaired) electrons. The quantitative estimate of drug-likeness (QED) is 0.784. The first-order valence-corrected chi connectivity index (χ1v) is 5.28. The van der Waals surface area contributed by atoms with Gasteiger partial charge in [0.2, 0.25) is 0 Å². The molecule has 0 aliphatic heterocycles. The van der Waals surface area contributed by atoms with Crippen LogP contribution in [0.1, 0.15) is 11.1 Å². The normalized spacial score (nSPS) is 10.1. The van der Waals surface area contributed by atoms with Gasteiger partial charge in [-0.15, -0.1) is 0 Å². The number of hydrogen-bond acceptors (Lipinski definition) is 3. The van der Waals surface area contributed by atoms with E-state index in [4.69, 9.17) is 4.74 Å². The third kappa shape index (κ3) is 3.05. The molecule has 0 N–H and O–H groups in total. The van der Waals surface area contributed by atoms with Gasteiger partial charge in [-0.1, -0.05) is 6.07 Å². The van der Waals surface area contributed by atoms with Crippen molar-refractivity contribution < 1.29 is 4.74 Å². The lowest BCUT2D eigenvalue weighted by Gasteiger charge is -2.05. The molecular formula is C13H14N2O. The standard InChI is InChI=1S/C13H14N2O/c1-11-7-12(9-15-8-11)4-6-16-13-3-2-5-14-10-13/h2-3,5,7-10H,4,6H2,1H3. The summed E-state index contributed by atoms with van der Waals surface area (Å²) in [5.74, 6) is 0.808. The first kappa shape index (κ1) is 10.6. The Labute approximate surface area is 95.1 Å². The summed E-state index contributed by atoms with van der Waals surface area (Å²) in [6.07, 6.45) is 8.04. The molecule has 0 saturated heterocycles. The molecule has 0 unspecified atom stereocenters. The molecule has 0 aliphatic carbocycles. The molecule has 0 aliphatic rings. The summed E-state index contributed by atoms with van der Waals surface area (Å²) in [5, 5.41) is 0. The maximum absolute atomic E-state index is 5.56. The predicted octanol–water partition coefficient (Wildman–Crippen LogP) is 2.41. The summed E-state index contributed by atoms with van der Waals surface area (Å²) < 4.78 is 5.56. The highest BCUT2D eigenvalue weighted by atomic mass is 16.5. The number of ether oxygens (including phenoxy) is 1. The molecule has 3 nitrogen and oxygen atoms in total. The fourth-order valence-corrected chi connectivity index (χ4v) is 1.47. The number of nitrogens with zero attached hydrogens (tertiary/aromatic N) is 2. The van der Waals surface area contributed by atoms with Gasteiger partial charge in [0.1, 0.15) is 5.75 Å². The van der Waals surface area contributed by atoms with Crippen molar-refractivity contribution >= 4 is 0 Å². The van der Waals surface area contributed by atoms with Crippen LogP contribution in [-0.2, 0) is 6.42 Å². The van der Waals surface area contributed by atoms with Gasteiger partial charge in [0, 0.05) is 25.0 Å². The van der Waals surface area contributed by atoms with Crippen LogP contribution in [-0.4, -0.2) is 16.6 Å². The van der Waals surface area contributed by atoms with Gasteiger partial charge in [0.15, 0.2) is 0 Å². The van der Waals surface area contributed by atoms with Crippen molar-refractivity contribution in [1.82, 2.24) is 9.97 Å². The van der Waals surface area contributed by atoms with E-state index < -0.39 is 0 Å². The Morgan fingerprint density at radius 1 is 1.19 bits per heavy atom. The molecule has 2 aromatic heterocycles. The maximum Gasteiger partial charge on any atom is 0.137 e. The van der Waals surface area contributed by atoms with E-state index >= 15 is 0 Å². The molecule has 0 fully saturated rings. The molecule has 0 spiro atoms. The van der Waals surface area contributed by atoms with Gasteiger partial charge in [-0.25, -0.2) is 0 Å². The second kappa shape index (κ2) is 5.26. The highest BCUT2D eigenvalue weighted by Crippen LogP contribution is 2.07. The van der Waals surface area contributed by atoms with Crippen LogP contribution in [0, 0.1) is 6.92 Å². The molecule has 0 atom stereocenters. The zero-order valence-electron chi connectivity index (χ0n) is 9.26. The second-order valence-electron chi connectivity index (χ2n) is 3.66. The van der Waals surface area contributed by atoms with Crippen molar-refractivity contribution in [3.63, 3.8) is 0 Å². The van der Waals surface area contributed by atoms with E-state index in [1.807, 2.05) is 31.5 Å². The SMILES string of the molecule is Cc1cncc(CCOc2cccnc2)c1. The van der Waals surface area contributed by atoms with E-state index in [2.05, 4.69) is 16.0 Å². The van der Waals surface area contributed by atoms with Crippen molar-refractivity contribution in [2.45, 2.75) is 13.3 Å². The van der Waals surface area contributed by atoms with Crippen molar-refractivity contribution in [1.29, 1.82) is 0 Å². The van der Waals surface area contributed by atoms with Gasteiger partial charge in [0.25, 0.3) is 0 Å². The zero-order valence-corrected chi connectivity index (χ0v) is 9.26. The van der Waals surface area contributed by atoms with Crippen LogP contribution in [0.5, 0.6) is 5.75 Å². The fourth-order valence-electron chi connectivity index (χ4n) is 1.47. The average Bonchev–Trinajstić information content (AvgIpc) is 2.30. The highest BCUT2D eigenvalue weighted by molar-refractivity contribution is 5.18. The van der Waals surface area contributed by atoms with Crippen LogP contribution >= 0.6 is 0 Å². The first-order valence-electron chi connectivity index (χ1n) is 5.28. The Balaban J connectivity index is 1.85. The number of aromatic nitrogens is 2. The van der Waals surface area contributed by atoms with Crippen molar-refractivity contribution in [3.8, 4) is 5.75 Å². The van der Waals surface area contributed by atoms with Gasteiger partial charge in [0.05, 0.1) is 12.8 Å². The minimum atomic E-state index is 0.650. The topological polar surface area (TPSA) is 35.0 Å². The van der Waals surface area contributed by atoms with Crippen LogP contribution in [0.25, 0.3) is 0 Å². The summed E-state index contributed by atoms with van der Waals surface area (Å²) in [6.45, 7) is 2.69. The lowest BCUT2D eigenvalue weighted by atomic mass is 10.2. The van der Waals surface area contributed by atoms with Crippen LogP contribution in [0.15, 0.2) is 43.0 Å². The molecule has 0 saturated carbocycles. The molecule has 2 heterocycles. The van der Waals surface area contributed by atoms with Gasteiger partial charge in [-0.3, -0.25) is 9.97 Å². The lowest BCUT2D eigenvalue weighted by molar-refractivity contribution is 0.320. The van der Waals surface area contributed by atoms with Crippen LogP contribution in [0.4, 0.5) is 0 Å². The smallest absolute Gasteiger partial charge is 0.137 e. The van der Waals surface area contributed by atoms with Crippen LogP contribution in [0.2, 0.25) is 0 Å². The van der Waals surface area contributed by atoms with Crippen LogP contribution < -0.4 is 4.74 Å². The molecule has 0 amide bonds. The third-order valence-electron chi connectivity index (χ3n) is 2.23. The van der Waals surface area contributed by atoms with Gasteiger partial charge >= 0.3 is 0 Å². The second-order valence-corrected chi connectivity index (χ2v) is 3.66. The maximum atomic E-state index is 5.56. The number of aryl methyl sites for hydroxylation is 1. The summed E-state index contributed by atoms with van der Waals surface area (Å²) in [5.41, 5.74) is 2.38. The largest absolute Gasteiger partial charge is 0.492 e. The summed E-state index contributed by atoms with van der Waals surface area (Å²) >= 11 is 0. The molecule has 0 bridgehead atoms. The monoisotopic (exact) mass is 214 g/mol. The van der Waals surface area contributed by atoms with Crippen molar-refractivity contribution in [3.05, 3.63) is 54.1 Å². The number of rotatable bonds is 4. The minimum absolute atomic E-state index is 0.650. The Kier molecular flexibility index (Phi) is 3.49. The Morgan fingerprint density at radius 3 is 2.88 bits per heavy atom. The van der Waals surface area contributed by atoms with Gasteiger partial charge in [-0.05, 0) is 30.2 Å². The Hall–Kier alpha value is -1.90. The van der Waals surface area contributed by atoms with E-state index in [1.54, 1.807) is 12.4 Å². The molecular weight excluding hydrogens is 200 g/mol. The summed E-state index contributed by atoms with van der Waals surface area (Å²) in [6, 6.07) is 5.89. The van der Waals surface area contributed by atoms with Crippen molar-refractivity contribution in [2.75, 3.05) is 6.61 Å². The molecule has 3 heteroatoms. The van der Waals surface area contributed by atoms with E-state index in [-0.39, 0.29) is 0 Å². The van der Waals surface area contributed by atoms with E-state index in [1.165, 1.54) is 11.1 Å². The summed E-state index contributed by atoms with van der Waals surface area (Å²) in [7, 11) is 0. The first-order chi connectivity index (χ1) is 7.84. The molecule has 2 rings (SSSR count). The Morgan fingerprint density at radius 2 is 2.12 bits per heavy atom. The van der Waals surface area contributed by atoms with E-state index in [9.17, 15) is 0 Å². The predicted molar refractivity (Wildman–Crippen MR) is 62.4 cm³/mol. The number of pyridine rings is 2. The Bertz CT molecular complexity index is 443. The number of hydrogen-bond donors (Lipinski definition) is 0. The van der Waals surface area contributed by atoms with Gasteiger partial charge < -0.3 is 4.74 Å². The lowest BCUT2D eigenvalue weighted by Crippen LogP contribution is -2.02. The average molecular weight is 214 g/mol. The van der Waals surface area contributed by atoms with E-state index in [0.29, 0.717) is 6.61 Å². The van der Waals surface area contributed by atoms with Crippen molar-refractivity contribution in [2.24, 2.45) is 0 Å². The molecule has 2 aromatic rings. The molecule has 0 aromatic carbocycles. The molecule has 82 valence electrons. The molecule has 16 heavy (non-hydrogen) atoms. The fraction of sp³-hybridized carbons (Fsp3) is 0.231. The highest BCUT2D eigenvalue weighted by Gasteiger charge is 1.96.